The molecule has 8 N–H and O–H groups in total. The number of carbonyl (C=O) groups excluding carboxylic acids is 2. The molecule has 101 heavy (non-hydrogen) atoms. The van der Waals surface area contributed by atoms with E-state index < -0.39 is 136 Å². The standard InChI is InChI=1S/C74H125N2O22P3/c1-51(2)25-15-26-52(3)27-16-28-53(4)29-17-30-54(5)31-18-32-55(6)33-19-34-56(7)35-20-36-57(8)37-21-38-58(9)39-22-40-59(10)41-23-42-60(11)43-24-44-61(12)45-46-91-100(87,88)98-101(89,90)97-74-68(76-63(14)80)71(84)72(65(48-78)94-74)96-73-67(75-62(13)79)70(83)69(82)66(95-73)50-93-99(85,86)92-49-64(81)47-77/h25,27,29,31,33,35,37,39,41,43,45,64-74,77-78,81-84H,15-24,26,28,30,32,34,36,38,40,42,44,46-50H2,1-14H3,(H,75,79)(H,76,80)(H,85,86)(H,87,88)(H,89,90)/p-3/b52-27+,53-29+,54-31-,55-33-,56-35-,57-37-,58-39-,59-41-,60-43-,61-45-/t64?,65-,66-,67+,68-,69-,70-,71-,72-,73+,74+/m1/s1. The van der Waals surface area contributed by atoms with E-state index in [4.69, 9.17) is 32.9 Å². The molecule has 14 atom stereocenters. The monoisotopic (exact) mass is 1480 g/mol. The second-order valence-electron chi connectivity index (χ2n) is 27.2. The highest BCUT2D eigenvalue weighted by atomic mass is 31.3. The fourth-order valence-corrected chi connectivity index (χ4v) is 13.7. The normalized spacial score (nSPS) is 24.9. The van der Waals surface area contributed by atoms with Gasteiger partial charge in [0.15, 0.2) is 12.6 Å². The molecule has 2 amide bonds. The zero-order valence-electron chi connectivity index (χ0n) is 62.4. The van der Waals surface area contributed by atoms with E-state index in [9.17, 15) is 63.5 Å². The van der Waals surface area contributed by atoms with Crippen molar-refractivity contribution in [2.75, 3.05) is 33.0 Å². The Hall–Kier alpha value is -3.91. The van der Waals surface area contributed by atoms with Gasteiger partial charge >= 0.3 is 0 Å². The quantitative estimate of drug-likeness (QED) is 0.0207. The van der Waals surface area contributed by atoms with Crippen LogP contribution < -0.4 is 25.3 Å². The molecule has 0 aromatic rings. The molecule has 0 aliphatic carbocycles. The lowest BCUT2D eigenvalue weighted by Crippen LogP contribution is -2.69. The summed E-state index contributed by atoms with van der Waals surface area (Å²) in [6.45, 7) is 23.4. The van der Waals surface area contributed by atoms with E-state index in [1.165, 1.54) is 61.8 Å². The first kappa shape index (κ1) is 93.2. The van der Waals surface area contributed by atoms with Crippen molar-refractivity contribution in [1.82, 2.24) is 10.6 Å². The molecule has 2 saturated heterocycles. The molecule has 0 radical (unpaired) electrons. The minimum atomic E-state index is -6.04. The predicted molar refractivity (Wildman–Crippen MR) is 388 cm³/mol. The lowest BCUT2D eigenvalue weighted by Gasteiger charge is -2.48. The van der Waals surface area contributed by atoms with Crippen molar-refractivity contribution in [1.29, 1.82) is 0 Å². The second kappa shape index (κ2) is 49.8. The third-order valence-electron chi connectivity index (χ3n) is 17.1. The largest absolute Gasteiger partial charge is 0.756 e. The molecule has 2 aliphatic rings. The summed E-state index contributed by atoms with van der Waals surface area (Å²) >= 11 is 0. The number of aliphatic hydroxyl groups is 6. The Bertz CT molecular complexity index is 3030. The van der Waals surface area contributed by atoms with Crippen LogP contribution in [0, 0.1) is 0 Å². The van der Waals surface area contributed by atoms with E-state index in [1.54, 1.807) is 6.92 Å². The molecule has 0 saturated carbocycles. The molecule has 0 aromatic heterocycles. The first-order valence-corrected chi connectivity index (χ1v) is 39.7. The third-order valence-corrected chi connectivity index (χ3v) is 20.6. The fraction of sp³-hybridized carbons (Fsp3) is 0.676. The first-order chi connectivity index (χ1) is 47.4. The van der Waals surface area contributed by atoms with Crippen molar-refractivity contribution >= 4 is 35.3 Å². The zero-order valence-corrected chi connectivity index (χ0v) is 65.1. The molecule has 0 aromatic carbocycles. The lowest BCUT2D eigenvalue weighted by atomic mass is 9.94. The van der Waals surface area contributed by atoms with Crippen molar-refractivity contribution in [3.63, 3.8) is 0 Å². The van der Waals surface area contributed by atoms with E-state index in [1.807, 2.05) is 6.92 Å². The molecular weight excluding hydrogens is 1360 g/mol. The Labute approximate surface area is 602 Å². The van der Waals surface area contributed by atoms with E-state index in [-0.39, 0.29) is 0 Å². The van der Waals surface area contributed by atoms with Crippen LogP contribution in [0.1, 0.15) is 225 Å². The van der Waals surface area contributed by atoms with Gasteiger partial charge in [0.2, 0.25) is 11.8 Å². The summed E-state index contributed by atoms with van der Waals surface area (Å²) in [5.41, 5.74) is 14.9. The van der Waals surface area contributed by atoms with Crippen molar-refractivity contribution in [2.24, 2.45) is 0 Å². The molecule has 27 heteroatoms. The summed E-state index contributed by atoms with van der Waals surface area (Å²) in [4.78, 5) is 62.7. The van der Waals surface area contributed by atoms with Gasteiger partial charge in [-0.05, 0) is 212 Å². The van der Waals surface area contributed by atoms with Crippen molar-refractivity contribution in [3.8, 4) is 0 Å². The highest BCUT2D eigenvalue weighted by molar-refractivity contribution is 7.59. The Balaban J connectivity index is 1.79. The van der Waals surface area contributed by atoms with Gasteiger partial charge in [0.1, 0.15) is 54.8 Å². The fourth-order valence-electron chi connectivity index (χ4n) is 11.0. The number of hydrogen-bond acceptors (Lipinski definition) is 22. The number of carbonyl (C=O) groups is 2. The Morgan fingerprint density at radius 2 is 0.772 bits per heavy atom. The van der Waals surface area contributed by atoms with E-state index in [2.05, 4.69) is 149 Å². The van der Waals surface area contributed by atoms with Crippen LogP contribution in [0.3, 0.4) is 0 Å². The summed E-state index contributed by atoms with van der Waals surface area (Å²) < 4.78 is 78.4. The summed E-state index contributed by atoms with van der Waals surface area (Å²) in [5, 5.41) is 66.5. The Morgan fingerprint density at radius 1 is 0.436 bits per heavy atom. The van der Waals surface area contributed by atoms with Crippen LogP contribution in [0.4, 0.5) is 0 Å². The van der Waals surface area contributed by atoms with Crippen LogP contribution in [0.5, 0.6) is 0 Å². The van der Waals surface area contributed by atoms with Crippen LogP contribution in [0.2, 0.25) is 0 Å². The van der Waals surface area contributed by atoms with Crippen LogP contribution in [0.25, 0.3) is 0 Å². The minimum absolute atomic E-state index is 0.536. The average Bonchev–Trinajstić information content (AvgIpc) is 0.760. The van der Waals surface area contributed by atoms with E-state index in [0.29, 0.717) is 12.8 Å². The molecule has 0 bridgehead atoms. The number of ether oxygens (including phenoxy) is 3. The van der Waals surface area contributed by atoms with Crippen LogP contribution in [0.15, 0.2) is 128 Å². The van der Waals surface area contributed by atoms with Gasteiger partial charge in [-0.1, -0.05) is 128 Å². The maximum atomic E-state index is 13.1. The van der Waals surface area contributed by atoms with E-state index in [0.717, 1.165) is 135 Å². The lowest BCUT2D eigenvalue weighted by molar-refractivity contribution is -0.331. The molecular formula is C74H122N2O22P3-3. The molecule has 0 spiro atoms. The predicted octanol–water partition coefficient (Wildman–Crippen LogP) is 12.0. The second-order valence-corrected chi connectivity index (χ2v) is 31.5. The van der Waals surface area contributed by atoms with E-state index >= 15 is 0 Å². The minimum Gasteiger partial charge on any atom is -0.756 e. The third kappa shape index (κ3) is 42.1. The topological polar surface area (TPSA) is 374 Å². The van der Waals surface area contributed by atoms with Gasteiger partial charge in [0.05, 0.1) is 33.0 Å². The van der Waals surface area contributed by atoms with Crippen molar-refractivity contribution in [3.05, 3.63) is 128 Å². The van der Waals surface area contributed by atoms with Gasteiger partial charge in [-0.15, -0.1) is 0 Å². The summed E-state index contributed by atoms with van der Waals surface area (Å²) in [5.74, 6) is -1.74. The number of phosphoric ester groups is 3. The number of nitrogens with one attached hydrogen (secondary N) is 2. The van der Waals surface area contributed by atoms with Gasteiger partial charge in [-0.2, -0.15) is 0 Å². The van der Waals surface area contributed by atoms with Gasteiger partial charge < -0.3 is 83.7 Å². The molecule has 2 fully saturated rings. The van der Waals surface area contributed by atoms with Crippen molar-refractivity contribution in [2.45, 2.75) is 293 Å². The van der Waals surface area contributed by atoms with Gasteiger partial charge in [-0.25, -0.2) is 4.31 Å². The Morgan fingerprint density at radius 3 is 1.11 bits per heavy atom. The van der Waals surface area contributed by atoms with Gasteiger partial charge in [0, 0.05) is 13.8 Å². The number of phosphoric acid groups is 3. The van der Waals surface area contributed by atoms with Crippen LogP contribution >= 0.6 is 23.5 Å². The van der Waals surface area contributed by atoms with Gasteiger partial charge in [-0.3, -0.25) is 27.8 Å². The maximum absolute atomic E-state index is 13.1. The number of aliphatic hydroxyl groups excluding tert-OH is 6. The Kier molecular flexibility index (Phi) is 45.9. The van der Waals surface area contributed by atoms with Crippen molar-refractivity contribution < 1.29 is 105 Å². The molecule has 2 heterocycles. The number of amides is 2. The SMILES string of the molecule is CC(=O)N[C@@H]1[C@H](O[C@H]2[C@H](O)[C@@H](NC(C)=O)[C@H](OP(=O)([O-])OP(=O)([O-])OC/C=C(/C)CC/C=C(/C)CC/C=C(/C)CC/C=C(/C)CC/C=C(/C)CC/C=C(/C)CC/C=C(/C)CC/C=C(/C)CC/C=C(\C)CC/C=C(\C)CCC=C(C)C)O[C@@H]2CO)O[C@H](COP(=O)([O-])OCC(O)CO)[C@@H](O)[C@@H]1O. The number of rotatable bonds is 49. The first-order valence-electron chi connectivity index (χ1n) is 35.4. The smallest absolute Gasteiger partial charge is 0.276 e. The van der Waals surface area contributed by atoms with Gasteiger partial charge in [0.25, 0.3) is 23.5 Å². The van der Waals surface area contributed by atoms with Crippen LogP contribution in [-0.2, 0) is 59.9 Å². The highest BCUT2D eigenvalue weighted by Gasteiger charge is 2.53. The highest BCUT2D eigenvalue weighted by Crippen LogP contribution is 2.57. The van der Waals surface area contributed by atoms with Crippen LogP contribution in [-0.4, -0.2) is 143 Å². The summed E-state index contributed by atoms with van der Waals surface area (Å²) in [6, 6.07) is -3.67. The molecule has 2 rings (SSSR count). The molecule has 578 valence electrons. The molecule has 4 unspecified atom stereocenters. The summed E-state index contributed by atoms with van der Waals surface area (Å²) in [6.07, 6.45) is 27.7. The molecule has 24 nitrogen and oxygen atoms in total. The average molecular weight is 1480 g/mol. The number of allylic oxidation sites excluding steroid dienone is 21. The molecule has 2 aliphatic heterocycles. The number of hydrogen-bond donors (Lipinski definition) is 8. The summed E-state index contributed by atoms with van der Waals surface area (Å²) in [7, 11) is -17.0. The zero-order chi connectivity index (χ0) is 75.9. The maximum Gasteiger partial charge on any atom is 0.276 e.